The van der Waals surface area contributed by atoms with Crippen molar-refractivity contribution < 1.29 is 13.5 Å². The summed E-state index contributed by atoms with van der Waals surface area (Å²) in [6, 6.07) is 16.7. The summed E-state index contributed by atoms with van der Waals surface area (Å²) in [5.74, 6) is 1.02. The molecule has 0 amide bonds. The Morgan fingerprint density at radius 2 is 1.78 bits per heavy atom. The molecule has 1 aliphatic heterocycles. The normalized spacial score (nSPS) is 14.4. The summed E-state index contributed by atoms with van der Waals surface area (Å²) in [6.07, 6.45) is 0. The first-order valence-corrected chi connectivity index (χ1v) is 9.27. The van der Waals surface area contributed by atoms with E-state index in [1.165, 1.54) is 11.8 Å². The molecular weight excluding hydrogens is 367 g/mol. The Bertz CT molecular complexity index is 905. The van der Waals surface area contributed by atoms with E-state index in [1.807, 2.05) is 12.1 Å². The van der Waals surface area contributed by atoms with Crippen LogP contribution in [-0.4, -0.2) is 26.3 Å². The molecule has 4 nitrogen and oxygen atoms in total. The van der Waals surface area contributed by atoms with E-state index in [4.69, 9.17) is 20.8 Å². The van der Waals surface area contributed by atoms with Gasteiger partial charge in [-0.1, -0.05) is 11.6 Å². The Balaban J connectivity index is 1.37. The van der Waals surface area contributed by atoms with Crippen LogP contribution in [0.5, 0.6) is 0 Å². The summed E-state index contributed by atoms with van der Waals surface area (Å²) in [5.41, 5.74) is 2.98. The number of rotatable bonds is 5. The quantitative estimate of drug-likeness (QED) is 0.655. The molecule has 0 saturated carbocycles. The molecule has 6 heteroatoms. The average Bonchev–Trinajstić information content (AvgIpc) is 3.19. The van der Waals surface area contributed by atoms with Crippen molar-refractivity contribution in [1.29, 1.82) is 0 Å². The average molecular weight is 387 g/mol. The van der Waals surface area contributed by atoms with E-state index in [9.17, 15) is 4.39 Å². The fourth-order valence-corrected chi connectivity index (χ4v) is 3.26. The van der Waals surface area contributed by atoms with Gasteiger partial charge in [-0.2, -0.15) is 0 Å². The molecular formula is C21H20ClFN2O2. The lowest BCUT2D eigenvalue weighted by molar-refractivity contribution is 0.122. The predicted molar refractivity (Wildman–Crippen MR) is 106 cm³/mol. The monoisotopic (exact) mass is 386 g/mol. The Labute approximate surface area is 162 Å². The molecule has 140 valence electrons. The van der Waals surface area contributed by atoms with Crippen molar-refractivity contribution in [2.75, 3.05) is 36.5 Å². The largest absolute Gasteiger partial charge is 0.459 e. The van der Waals surface area contributed by atoms with Gasteiger partial charge < -0.3 is 19.4 Å². The second-order valence-electron chi connectivity index (χ2n) is 6.39. The first-order chi connectivity index (χ1) is 13.2. The van der Waals surface area contributed by atoms with Gasteiger partial charge in [0.25, 0.3) is 0 Å². The number of hydrogen-bond donors (Lipinski definition) is 1. The summed E-state index contributed by atoms with van der Waals surface area (Å²) in [6.45, 7) is 3.97. The predicted octanol–water partition coefficient (Wildman–Crippen LogP) is 5.19. The molecule has 0 unspecified atom stereocenters. The summed E-state index contributed by atoms with van der Waals surface area (Å²) in [5, 5.41) is 3.44. The zero-order chi connectivity index (χ0) is 18.6. The Hall–Kier alpha value is -2.50. The number of furan rings is 1. The lowest BCUT2D eigenvalue weighted by Gasteiger charge is -2.28. The molecule has 4 rings (SSSR count). The first-order valence-electron chi connectivity index (χ1n) is 8.90. The number of morpholine rings is 1. The number of ether oxygens (including phenoxy) is 1. The van der Waals surface area contributed by atoms with Crippen LogP contribution in [0.4, 0.5) is 15.8 Å². The maximum Gasteiger partial charge on any atom is 0.141 e. The molecule has 27 heavy (non-hydrogen) atoms. The molecule has 0 atom stereocenters. The van der Waals surface area contributed by atoms with E-state index < -0.39 is 5.82 Å². The van der Waals surface area contributed by atoms with Gasteiger partial charge in [-0.3, -0.25) is 0 Å². The van der Waals surface area contributed by atoms with Gasteiger partial charge in [0.2, 0.25) is 0 Å². The Morgan fingerprint density at radius 3 is 2.52 bits per heavy atom. The summed E-state index contributed by atoms with van der Waals surface area (Å²) >= 11 is 5.84. The molecule has 1 aliphatic rings. The summed E-state index contributed by atoms with van der Waals surface area (Å²) in [4.78, 5) is 2.32. The summed E-state index contributed by atoms with van der Waals surface area (Å²) < 4.78 is 24.5. The number of benzene rings is 2. The first kappa shape index (κ1) is 17.9. The van der Waals surface area contributed by atoms with Crippen molar-refractivity contribution in [3.8, 4) is 11.3 Å². The Kier molecular flexibility index (Phi) is 5.32. The van der Waals surface area contributed by atoms with Crippen molar-refractivity contribution in [1.82, 2.24) is 0 Å². The van der Waals surface area contributed by atoms with Crippen molar-refractivity contribution >= 4 is 23.0 Å². The van der Waals surface area contributed by atoms with Crippen LogP contribution in [0.25, 0.3) is 11.3 Å². The molecule has 1 N–H and O–H groups in total. The molecule has 0 aliphatic carbocycles. The minimum absolute atomic E-state index is 0.0870. The van der Waals surface area contributed by atoms with Crippen molar-refractivity contribution in [3.05, 3.63) is 71.2 Å². The molecule has 1 fully saturated rings. The van der Waals surface area contributed by atoms with Gasteiger partial charge in [0.1, 0.15) is 17.3 Å². The third kappa shape index (κ3) is 4.26. The van der Waals surface area contributed by atoms with E-state index in [0.717, 1.165) is 43.3 Å². The van der Waals surface area contributed by atoms with Crippen LogP contribution >= 0.6 is 11.6 Å². The van der Waals surface area contributed by atoms with Crippen molar-refractivity contribution in [2.45, 2.75) is 6.54 Å². The zero-order valence-electron chi connectivity index (χ0n) is 14.8. The van der Waals surface area contributed by atoms with Crippen LogP contribution in [0.3, 0.4) is 0 Å². The third-order valence-electron chi connectivity index (χ3n) is 4.58. The maximum atomic E-state index is 13.3. The van der Waals surface area contributed by atoms with Gasteiger partial charge in [-0.15, -0.1) is 0 Å². The van der Waals surface area contributed by atoms with Crippen LogP contribution in [-0.2, 0) is 11.3 Å². The maximum absolute atomic E-state index is 13.3. The van der Waals surface area contributed by atoms with Gasteiger partial charge in [-0.05, 0) is 54.6 Å². The molecule has 3 aromatic rings. The minimum Gasteiger partial charge on any atom is -0.459 e. The van der Waals surface area contributed by atoms with Gasteiger partial charge in [0, 0.05) is 30.0 Å². The molecule has 2 heterocycles. The van der Waals surface area contributed by atoms with E-state index in [-0.39, 0.29) is 5.02 Å². The van der Waals surface area contributed by atoms with Crippen molar-refractivity contribution in [3.63, 3.8) is 0 Å². The van der Waals surface area contributed by atoms with Crippen molar-refractivity contribution in [2.24, 2.45) is 0 Å². The molecule has 0 radical (unpaired) electrons. The zero-order valence-corrected chi connectivity index (χ0v) is 15.5. The van der Waals surface area contributed by atoms with Crippen LogP contribution in [0, 0.1) is 5.82 Å². The second-order valence-corrected chi connectivity index (χ2v) is 6.80. The highest BCUT2D eigenvalue weighted by Crippen LogP contribution is 2.27. The number of anilines is 2. The van der Waals surface area contributed by atoms with Gasteiger partial charge in [-0.25, -0.2) is 4.39 Å². The highest BCUT2D eigenvalue weighted by Gasteiger charge is 2.11. The Morgan fingerprint density at radius 1 is 1.00 bits per heavy atom. The molecule has 2 aromatic carbocycles. The highest BCUT2D eigenvalue weighted by molar-refractivity contribution is 6.31. The number of hydrogen-bond acceptors (Lipinski definition) is 4. The number of nitrogens with zero attached hydrogens (tertiary/aromatic N) is 1. The van der Waals surface area contributed by atoms with Gasteiger partial charge >= 0.3 is 0 Å². The molecule has 1 saturated heterocycles. The van der Waals surface area contributed by atoms with Gasteiger partial charge in [0.05, 0.1) is 24.8 Å². The molecule has 1 aromatic heterocycles. The van der Waals surface area contributed by atoms with Gasteiger partial charge in [0.15, 0.2) is 0 Å². The van der Waals surface area contributed by atoms with E-state index in [1.54, 1.807) is 12.1 Å². The van der Waals surface area contributed by atoms with E-state index in [0.29, 0.717) is 12.3 Å². The number of halogens is 2. The van der Waals surface area contributed by atoms with E-state index >= 15 is 0 Å². The topological polar surface area (TPSA) is 37.6 Å². The third-order valence-corrected chi connectivity index (χ3v) is 4.87. The minimum atomic E-state index is -0.436. The van der Waals surface area contributed by atoms with E-state index in [2.05, 4.69) is 34.5 Å². The standard InChI is InChI=1S/C21H20ClFN2O2/c22-19-13-15(1-7-20(19)23)21-8-6-18(27-21)14-24-16-2-4-17(5-3-16)25-9-11-26-12-10-25/h1-8,13,24H,9-12,14H2. The van der Waals surface area contributed by atoms with Crippen LogP contribution in [0.1, 0.15) is 5.76 Å². The SMILES string of the molecule is Fc1ccc(-c2ccc(CNc3ccc(N4CCOCC4)cc3)o2)cc1Cl. The lowest BCUT2D eigenvalue weighted by atomic mass is 10.2. The lowest BCUT2D eigenvalue weighted by Crippen LogP contribution is -2.36. The van der Waals surface area contributed by atoms with Crippen LogP contribution < -0.4 is 10.2 Å². The smallest absolute Gasteiger partial charge is 0.141 e. The van der Waals surface area contributed by atoms with Crippen LogP contribution in [0.2, 0.25) is 5.02 Å². The molecule has 0 spiro atoms. The fraction of sp³-hybridized carbons (Fsp3) is 0.238. The number of nitrogens with one attached hydrogen (secondary N) is 1. The second kappa shape index (κ2) is 8.03. The fourth-order valence-electron chi connectivity index (χ4n) is 3.08. The molecule has 0 bridgehead atoms. The van der Waals surface area contributed by atoms with Crippen LogP contribution in [0.15, 0.2) is 59.0 Å². The highest BCUT2D eigenvalue weighted by atomic mass is 35.5. The summed E-state index contributed by atoms with van der Waals surface area (Å²) in [7, 11) is 0.